The number of nitrogens with zero attached hydrogens (tertiary/aromatic N) is 1. The monoisotopic (exact) mass is 928 g/mol. The molecule has 0 radical (unpaired) electrons. The lowest BCUT2D eigenvalue weighted by molar-refractivity contribution is -0.142. The van der Waals surface area contributed by atoms with Crippen LogP contribution >= 0.6 is 0 Å². The fourth-order valence-electron chi connectivity index (χ4n) is 5.83. The van der Waals surface area contributed by atoms with E-state index in [0.29, 0.717) is 6.42 Å². The second-order valence-electron chi connectivity index (χ2n) is 16.3. The molecule has 0 aliphatic carbocycles. The molecule has 0 aliphatic heterocycles. The zero-order chi connectivity index (χ0) is 50.3. The molecule has 65 heavy (non-hydrogen) atoms. The Morgan fingerprint density at radius 2 is 1.02 bits per heavy atom. The van der Waals surface area contributed by atoms with Gasteiger partial charge in [0.2, 0.25) is 47.3 Å². The maximum atomic E-state index is 13.9. The summed E-state index contributed by atoms with van der Waals surface area (Å²) in [6.45, 7) is 11.0. The van der Waals surface area contributed by atoms with Gasteiger partial charge in [-0.3, -0.25) is 57.7 Å². The Morgan fingerprint density at radius 3 is 1.48 bits per heavy atom. The lowest BCUT2D eigenvalue weighted by Crippen LogP contribution is -2.61. The molecule has 0 aromatic heterocycles. The maximum Gasteiger partial charge on any atom is 0.325 e. The molecular weight excluding hydrogens is 860 g/mol. The molecule has 0 bridgehead atoms. The number of nitrogens with one attached hydrogen (secondary N) is 7. The average molecular weight is 929 g/mol. The quantitative estimate of drug-likeness (QED) is 0.0178. The first kappa shape index (κ1) is 58.4. The third-order valence-electron chi connectivity index (χ3n) is 9.78. The largest absolute Gasteiger partial charge is 0.481 e. The van der Waals surface area contributed by atoms with Gasteiger partial charge in [-0.2, -0.15) is 0 Å². The van der Waals surface area contributed by atoms with Crippen LogP contribution in [0.3, 0.4) is 0 Å². The van der Waals surface area contributed by atoms with Crippen molar-refractivity contribution in [2.24, 2.45) is 45.7 Å². The van der Waals surface area contributed by atoms with E-state index >= 15 is 0 Å². The van der Waals surface area contributed by atoms with Crippen LogP contribution in [0.1, 0.15) is 99.8 Å². The molecule has 0 fully saturated rings. The number of guanidine groups is 1. The van der Waals surface area contributed by atoms with E-state index in [0.717, 1.165) is 0 Å². The van der Waals surface area contributed by atoms with E-state index in [2.05, 4.69) is 42.2 Å². The first-order chi connectivity index (χ1) is 30.1. The molecule has 18 N–H and O–H groups in total. The minimum atomic E-state index is -1.83. The predicted octanol–water partition coefficient (Wildman–Crippen LogP) is -4.17. The Morgan fingerprint density at radius 1 is 0.554 bits per heavy atom. The zero-order valence-electron chi connectivity index (χ0n) is 37.8. The van der Waals surface area contributed by atoms with Gasteiger partial charge < -0.3 is 75.5 Å². The highest BCUT2D eigenvalue weighted by atomic mass is 16.4. The molecule has 0 aromatic rings. The fourth-order valence-corrected chi connectivity index (χ4v) is 5.83. The highest BCUT2D eigenvalue weighted by Gasteiger charge is 2.36. The number of amides is 8. The fraction of sp³-hybridized carbons (Fsp3) is 0.692. The van der Waals surface area contributed by atoms with Gasteiger partial charge in [0.1, 0.15) is 42.3 Å². The Bertz CT molecular complexity index is 1740. The molecule has 0 aliphatic rings. The lowest BCUT2D eigenvalue weighted by atomic mass is 9.98. The van der Waals surface area contributed by atoms with Crippen LogP contribution in [0.4, 0.5) is 0 Å². The molecule has 26 heteroatoms. The number of aliphatic imine (C=N–C) groups is 1. The molecule has 368 valence electrons. The Hall–Kier alpha value is -6.60. The van der Waals surface area contributed by atoms with Gasteiger partial charge in [0.15, 0.2) is 5.96 Å². The van der Waals surface area contributed by atoms with Crippen LogP contribution in [-0.4, -0.2) is 141 Å². The smallest absolute Gasteiger partial charge is 0.325 e. The van der Waals surface area contributed by atoms with E-state index in [1.165, 1.54) is 20.8 Å². The number of carboxylic acid groups (broad SMARTS) is 3. The van der Waals surface area contributed by atoms with Crippen molar-refractivity contribution >= 4 is 71.1 Å². The van der Waals surface area contributed by atoms with Crippen LogP contribution < -0.4 is 60.2 Å². The summed E-state index contributed by atoms with van der Waals surface area (Å²) in [6, 6.07) is -12.0. The van der Waals surface area contributed by atoms with Crippen LogP contribution in [0.5, 0.6) is 0 Å². The summed E-state index contributed by atoms with van der Waals surface area (Å²) in [6.07, 6.45) is -2.73. The molecule has 26 nitrogen and oxygen atoms in total. The number of carbonyl (C=O) groups excluding carboxylic acids is 8. The molecule has 0 spiro atoms. The van der Waals surface area contributed by atoms with Gasteiger partial charge in [0, 0.05) is 13.0 Å². The van der Waals surface area contributed by atoms with E-state index in [9.17, 15) is 68.1 Å². The highest BCUT2D eigenvalue weighted by molar-refractivity contribution is 5.99. The zero-order valence-corrected chi connectivity index (χ0v) is 37.8. The number of carbonyl (C=O) groups is 11. The maximum absolute atomic E-state index is 13.9. The van der Waals surface area contributed by atoms with Gasteiger partial charge in [-0.1, -0.05) is 48.0 Å². The van der Waals surface area contributed by atoms with E-state index in [4.69, 9.17) is 22.9 Å². The normalized spacial score (nSPS) is 15.2. The third kappa shape index (κ3) is 23.1. The molecule has 8 amide bonds. The first-order valence-corrected chi connectivity index (χ1v) is 21.0. The summed E-state index contributed by atoms with van der Waals surface area (Å²) < 4.78 is 0. The molecule has 0 aromatic carbocycles. The summed E-state index contributed by atoms with van der Waals surface area (Å²) in [5.41, 5.74) is 22.2. The van der Waals surface area contributed by atoms with Crippen molar-refractivity contribution in [3.05, 3.63) is 0 Å². The minimum absolute atomic E-state index is 0.0262. The van der Waals surface area contributed by atoms with Crippen molar-refractivity contribution in [3.63, 3.8) is 0 Å². The van der Waals surface area contributed by atoms with Crippen molar-refractivity contribution < 1.29 is 68.1 Å². The lowest BCUT2D eigenvalue weighted by Gasteiger charge is -2.28. The van der Waals surface area contributed by atoms with Crippen molar-refractivity contribution in [1.82, 2.24) is 37.2 Å². The number of hydrogen-bond acceptors (Lipinski definition) is 13. The van der Waals surface area contributed by atoms with Gasteiger partial charge >= 0.3 is 17.9 Å². The van der Waals surface area contributed by atoms with Gasteiger partial charge in [0.25, 0.3) is 0 Å². The summed E-state index contributed by atoms with van der Waals surface area (Å²) in [7, 11) is 0. The minimum Gasteiger partial charge on any atom is -0.481 e. The Labute approximate surface area is 376 Å². The standard InChI is InChI=1S/C39H68N12O14/c1-8-19(6)29(41)36(62)50-25(16-28(55)56)35(61)46-21(10-9-13-44-39(42)43)31(57)48-23(14-17(2)3)33(59)49-24(15-26(40)52)34(60)47-22(11-12-27(53)54)32(58)51-30(18(4)5)37(63)45-20(7)38(64)65/h17-25,29-30H,8-16,41H2,1-7H3,(H2,40,52)(H,45,63)(H,46,61)(H,47,60)(H,48,57)(H,49,59)(H,50,62)(H,51,58)(H,53,54)(H,55,56)(H,64,65)(H4,42,43,44)/t19-,20-,21-,22-,23-,24-,25-,29-,30-/m0/s1. The van der Waals surface area contributed by atoms with Crippen molar-refractivity contribution in [2.45, 2.75) is 148 Å². The summed E-state index contributed by atoms with van der Waals surface area (Å²) in [5, 5.41) is 44.5. The van der Waals surface area contributed by atoms with Crippen LogP contribution in [0, 0.1) is 17.8 Å². The number of aliphatic carboxylic acids is 3. The second kappa shape index (κ2) is 29.0. The number of carboxylic acids is 3. The van der Waals surface area contributed by atoms with E-state index in [1.54, 1.807) is 27.7 Å². The molecule has 0 saturated heterocycles. The molecule has 0 rings (SSSR count). The van der Waals surface area contributed by atoms with Crippen molar-refractivity contribution in [1.29, 1.82) is 0 Å². The van der Waals surface area contributed by atoms with Crippen molar-refractivity contribution in [3.8, 4) is 0 Å². The molecule has 0 heterocycles. The van der Waals surface area contributed by atoms with Crippen molar-refractivity contribution in [2.75, 3.05) is 6.54 Å². The van der Waals surface area contributed by atoms with Crippen LogP contribution in [-0.2, 0) is 52.7 Å². The Balaban J connectivity index is 6.69. The van der Waals surface area contributed by atoms with Gasteiger partial charge in [-0.05, 0) is 50.4 Å². The molecule has 9 atom stereocenters. The third-order valence-corrected chi connectivity index (χ3v) is 9.78. The first-order valence-electron chi connectivity index (χ1n) is 21.0. The van der Waals surface area contributed by atoms with Crippen LogP contribution in [0.15, 0.2) is 4.99 Å². The molecule has 0 saturated carbocycles. The second-order valence-corrected chi connectivity index (χ2v) is 16.3. The summed E-state index contributed by atoms with van der Waals surface area (Å²) in [5.74, 6) is -14.0. The van der Waals surface area contributed by atoms with E-state index < -0.39 is 145 Å². The Kier molecular flexibility index (Phi) is 26.0. The number of primary amides is 1. The van der Waals surface area contributed by atoms with E-state index in [1.807, 2.05) is 0 Å². The summed E-state index contributed by atoms with van der Waals surface area (Å²) in [4.78, 5) is 145. The molecular formula is C39H68N12O14. The SMILES string of the molecule is CC[C@H](C)[C@H](N)C(=O)N[C@@H](CC(=O)O)C(=O)N[C@@H](CCCN=C(N)N)C(=O)N[C@@H](CC(C)C)C(=O)N[C@@H](CC(N)=O)C(=O)N[C@@H](CCC(=O)O)C(=O)N[C@H](C(=O)N[C@@H](C)C(=O)O)C(C)C. The van der Waals surface area contributed by atoms with Crippen LogP contribution in [0.2, 0.25) is 0 Å². The van der Waals surface area contributed by atoms with Gasteiger partial charge in [-0.15, -0.1) is 0 Å². The predicted molar refractivity (Wildman–Crippen MR) is 231 cm³/mol. The molecule has 0 unspecified atom stereocenters. The topological polar surface area (TPSA) is 449 Å². The van der Waals surface area contributed by atoms with Gasteiger partial charge in [0.05, 0.1) is 18.9 Å². The highest BCUT2D eigenvalue weighted by Crippen LogP contribution is 2.11. The number of nitrogens with two attached hydrogens (primary N) is 4. The van der Waals surface area contributed by atoms with Gasteiger partial charge in [-0.25, -0.2) is 0 Å². The average Bonchev–Trinajstić information content (AvgIpc) is 3.19. The summed E-state index contributed by atoms with van der Waals surface area (Å²) >= 11 is 0. The van der Waals surface area contributed by atoms with Crippen LogP contribution in [0.25, 0.3) is 0 Å². The number of hydrogen-bond donors (Lipinski definition) is 14. The number of rotatable bonds is 31. The van der Waals surface area contributed by atoms with E-state index in [-0.39, 0.29) is 43.6 Å².